The van der Waals surface area contributed by atoms with Gasteiger partial charge in [-0.15, -0.1) is 0 Å². The van der Waals surface area contributed by atoms with E-state index in [0.717, 1.165) is 0 Å². The fraction of sp³-hybridized carbons (Fsp3) is 0.350. The van der Waals surface area contributed by atoms with Gasteiger partial charge in [0.25, 0.3) is 0 Å². The topological polar surface area (TPSA) is 63.3 Å². The highest BCUT2D eigenvalue weighted by Gasteiger charge is 2.35. The van der Waals surface area contributed by atoms with Crippen LogP contribution in [0.4, 0.5) is 10.1 Å². The van der Waals surface area contributed by atoms with Crippen molar-refractivity contribution in [3.05, 3.63) is 76.4 Å². The molecule has 1 aliphatic heterocycles. The Morgan fingerprint density at radius 1 is 1.15 bits per heavy atom. The molecule has 1 atom stereocenters. The molecule has 0 aliphatic carbocycles. The number of benzene rings is 2. The lowest BCUT2D eigenvalue weighted by molar-refractivity contribution is -0.0623. The van der Waals surface area contributed by atoms with Crippen molar-refractivity contribution in [1.82, 2.24) is 0 Å². The van der Waals surface area contributed by atoms with E-state index in [9.17, 15) is 14.6 Å². The molecule has 26 heavy (non-hydrogen) atoms. The number of hydrogen-bond donors (Lipinski definition) is 2. The largest absolute Gasteiger partial charge is 0.392 e. The molecule has 1 fully saturated rings. The molecule has 5 nitrogen and oxygen atoms in total. The molecule has 0 unspecified atom stereocenters. The molecular formula is C20H20FNO4. The summed E-state index contributed by atoms with van der Waals surface area (Å²) in [6.07, 6.45) is 0.291. The van der Waals surface area contributed by atoms with Crippen LogP contribution >= 0.6 is 0 Å². The van der Waals surface area contributed by atoms with Crippen molar-refractivity contribution < 1.29 is 24.1 Å². The van der Waals surface area contributed by atoms with Crippen molar-refractivity contribution in [1.29, 1.82) is 0 Å². The van der Waals surface area contributed by atoms with E-state index in [1.165, 1.54) is 24.3 Å². The van der Waals surface area contributed by atoms with Gasteiger partial charge in [0.15, 0.2) is 12.0 Å². The SMILES string of the molecule is [C-]#[N+]c1ccc([C@](O)(CCC2OCCO2)c2ccc(F)cc2)c(CO)c1. The molecular weight excluding hydrogens is 337 g/mol. The van der Waals surface area contributed by atoms with Gasteiger partial charge in [-0.1, -0.05) is 30.3 Å². The third-order valence-corrected chi connectivity index (χ3v) is 4.59. The molecule has 0 bridgehead atoms. The zero-order chi connectivity index (χ0) is 18.6. The monoisotopic (exact) mass is 357 g/mol. The molecule has 0 amide bonds. The van der Waals surface area contributed by atoms with Crippen LogP contribution in [0.15, 0.2) is 42.5 Å². The summed E-state index contributed by atoms with van der Waals surface area (Å²) in [5, 5.41) is 21.3. The molecule has 6 heteroatoms. The number of halogens is 1. The number of rotatable bonds is 6. The molecule has 1 aliphatic rings. The number of nitrogens with zero attached hydrogens (tertiary/aromatic N) is 1. The molecule has 3 rings (SSSR count). The van der Waals surface area contributed by atoms with Crippen LogP contribution in [0.2, 0.25) is 0 Å². The molecule has 1 saturated heterocycles. The molecule has 2 N–H and O–H groups in total. The maximum atomic E-state index is 13.4. The van der Waals surface area contributed by atoms with Crippen LogP contribution in [0.5, 0.6) is 0 Å². The molecule has 136 valence electrons. The van der Waals surface area contributed by atoms with Crippen LogP contribution in [-0.4, -0.2) is 29.7 Å². The quantitative estimate of drug-likeness (QED) is 0.779. The van der Waals surface area contributed by atoms with Gasteiger partial charge in [0.2, 0.25) is 0 Å². The van der Waals surface area contributed by atoms with Crippen LogP contribution in [-0.2, 0) is 21.7 Å². The molecule has 0 spiro atoms. The Morgan fingerprint density at radius 2 is 1.85 bits per heavy atom. The fourth-order valence-electron chi connectivity index (χ4n) is 3.24. The summed E-state index contributed by atoms with van der Waals surface area (Å²) >= 11 is 0. The lowest BCUT2D eigenvalue weighted by Gasteiger charge is -2.32. The standard InChI is InChI=1S/C20H20FNO4/c1-22-17-6-7-18(14(12-17)13-23)20(24,9-8-19-25-10-11-26-19)15-2-4-16(21)5-3-15/h2-7,12,19,23-24H,8-11,13H2/t20-/m0/s1. The second-order valence-corrected chi connectivity index (χ2v) is 6.19. The zero-order valence-corrected chi connectivity index (χ0v) is 14.2. The van der Waals surface area contributed by atoms with Crippen LogP contribution < -0.4 is 0 Å². The summed E-state index contributed by atoms with van der Waals surface area (Å²) < 4.78 is 24.3. The number of aliphatic hydroxyl groups is 2. The molecule has 2 aromatic carbocycles. The highest BCUT2D eigenvalue weighted by molar-refractivity contribution is 5.52. The number of hydrogen-bond acceptors (Lipinski definition) is 4. The summed E-state index contributed by atoms with van der Waals surface area (Å²) in [6, 6.07) is 10.4. The van der Waals surface area contributed by atoms with Gasteiger partial charge in [-0.2, -0.15) is 0 Å². The van der Waals surface area contributed by atoms with Crippen molar-refractivity contribution in [3.8, 4) is 0 Å². The first-order valence-electron chi connectivity index (χ1n) is 8.40. The second kappa shape index (κ2) is 7.94. The van der Waals surface area contributed by atoms with Crippen LogP contribution in [0, 0.1) is 12.4 Å². The summed E-state index contributed by atoms with van der Waals surface area (Å²) in [6.45, 7) is 7.84. The maximum Gasteiger partial charge on any atom is 0.187 e. The summed E-state index contributed by atoms with van der Waals surface area (Å²) in [7, 11) is 0. The Balaban J connectivity index is 2.02. The summed E-state index contributed by atoms with van der Waals surface area (Å²) in [5.74, 6) is -0.399. The van der Waals surface area contributed by atoms with Gasteiger partial charge in [-0.3, -0.25) is 0 Å². The van der Waals surface area contributed by atoms with Gasteiger partial charge in [-0.25, -0.2) is 9.24 Å². The van der Waals surface area contributed by atoms with Crippen molar-refractivity contribution in [2.45, 2.75) is 31.3 Å². The van der Waals surface area contributed by atoms with E-state index >= 15 is 0 Å². The Bertz CT molecular complexity index is 796. The van der Waals surface area contributed by atoms with Crippen LogP contribution in [0.3, 0.4) is 0 Å². The van der Waals surface area contributed by atoms with Gasteiger partial charge in [-0.05, 0) is 35.2 Å². The Labute approximate surface area is 151 Å². The van der Waals surface area contributed by atoms with Gasteiger partial charge in [0.05, 0.1) is 26.4 Å². The lowest BCUT2D eigenvalue weighted by atomic mass is 9.80. The molecule has 0 radical (unpaired) electrons. The van der Waals surface area contributed by atoms with Crippen LogP contribution in [0.1, 0.15) is 29.5 Å². The molecule has 0 saturated carbocycles. The smallest absolute Gasteiger partial charge is 0.187 e. The maximum absolute atomic E-state index is 13.4. The van der Waals surface area contributed by atoms with Crippen molar-refractivity contribution >= 4 is 5.69 Å². The van der Waals surface area contributed by atoms with Crippen molar-refractivity contribution in [2.24, 2.45) is 0 Å². The Kier molecular flexibility index (Phi) is 5.64. The highest BCUT2D eigenvalue weighted by Crippen LogP contribution is 2.38. The molecule has 1 heterocycles. The third-order valence-electron chi connectivity index (χ3n) is 4.59. The number of aliphatic hydroxyl groups excluding tert-OH is 1. The normalized spacial score (nSPS) is 17.0. The van der Waals surface area contributed by atoms with E-state index < -0.39 is 17.7 Å². The first kappa shape index (κ1) is 18.5. The Hall–Kier alpha value is -2.30. The van der Waals surface area contributed by atoms with Crippen molar-refractivity contribution in [2.75, 3.05) is 13.2 Å². The van der Waals surface area contributed by atoms with E-state index in [0.29, 0.717) is 42.0 Å². The minimum atomic E-state index is -1.47. The lowest BCUT2D eigenvalue weighted by Crippen LogP contribution is -2.30. The van der Waals surface area contributed by atoms with E-state index in [-0.39, 0.29) is 13.0 Å². The zero-order valence-electron chi connectivity index (χ0n) is 14.2. The average Bonchev–Trinajstić information content (AvgIpc) is 3.19. The van der Waals surface area contributed by atoms with Crippen LogP contribution in [0.25, 0.3) is 4.85 Å². The average molecular weight is 357 g/mol. The predicted octanol–water partition coefficient (Wildman–Crippen LogP) is 3.26. The Morgan fingerprint density at radius 3 is 2.46 bits per heavy atom. The first-order valence-corrected chi connectivity index (χ1v) is 8.40. The predicted molar refractivity (Wildman–Crippen MR) is 93.0 cm³/mol. The summed E-state index contributed by atoms with van der Waals surface area (Å²) in [5.41, 5.74) is 0.348. The van der Waals surface area contributed by atoms with E-state index in [2.05, 4.69) is 4.85 Å². The van der Waals surface area contributed by atoms with Gasteiger partial charge in [0, 0.05) is 6.42 Å². The molecule has 0 aromatic heterocycles. The van der Waals surface area contributed by atoms with Gasteiger partial charge in [0.1, 0.15) is 11.4 Å². The third kappa shape index (κ3) is 3.76. The molecule has 2 aromatic rings. The van der Waals surface area contributed by atoms with Gasteiger partial charge >= 0.3 is 0 Å². The number of ether oxygens (including phenoxy) is 2. The van der Waals surface area contributed by atoms with Gasteiger partial charge < -0.3 is 19.7 Å². The fourth-order valence-corrected chi connectivity index (χ4v) is 3.24. The highest BCUT2D eigenvalue weighted by atomic mass is 19.1. The first-order chi connectivity index (χ1) is 12.6. The van der Waals surface area contributed by atoms with E-state index in [1.807, 2.05) is 0 Å². The second-order valence-electron chi connectivity index (χ2n) is 6.19. The van der Waals surface area contributed by atoms with Crippen molar-refractivity contribution in [3.63, 3.8) is 0 Å². The minimum absolute atomic E-state index is 0.258. The minimum Gasteiger partial charge on any atom is -0.392 e. The van der Waals surface area contributed by atoms with E-state index in [1.54, 1.807) is 18.2 Å². The summed E-state index contributed by atoms with van der Waals surface area (Å²) in [4.78, 5) is 3.36. The van der Waals surface area contributed by atoms with E-state index in [4.69, 9.17) is 16.0 Å².